The van der Waals surface area contributed by atoms with Crippen LogP contribution < -0.4 is 0 Å². The fourth-order valence-corrected chi connectivity index (χ4v) is 4.17. The molecule has 1 saturated carbocycles. The number of rotatable bonds is 2. The molecular formula is C22H28N2O2. The summed E-state index contributed by atoms with van der Waals surface area (Å²) in [6, 6.07) is 4.26. The first kappa shape index (κ1) is 17.5. The molecule has 1 atom stereocenters. The van der Waals surface area contributed by atoms with Crippen molar-refractivity contribution in [1.82, 2.24) is 9.78 Å². The van der Waals surface area contributed by atoms with Crippen LogP contribution in [-0.2, 0) is 9.53 Å². The fourth-order valence-electron chi connectivity index (χ4n) is 4.17. The number of hydrogen-bond donors (Lipinski definition) is 0. The van der Waals surface area contributed by atoms with Gasteiger partial charge in [0.25, 0.3) is 0 Å². The van der Waals surface area contributed by atoms with E-state index in [1.54, 1.807) is 0 Å². The molecule has 0 bridgehead atoms. The molecule has 1 aromatic carbocycles. The molecular weight excluding hydrogens is 324 g/mol. The molecule has 4 heteroatoms. The molecule has 0 spiro atoms. The number of carbonyl (C=O) groups is 1. The molecule has 1 aliphatic carbocycles. The Morgan fingerprint density at radius 3 is 2.88 bits per heavy atom. The van der Waals surface area contributed by atoms with E-state index in [2.05, 4.69) is 44.1 Å². The lowest BCUT2D eigenvalue weighted by Gasteiger charge is -2.29. The Kier molecular flexibility index (Phi) is 4.47. The van der Waals surface area contributed by atoms with Crippen LogP contribution in [0.25, 0.3) is 17.0 Å². The lowest BCUT2D eigenvalue weighted by atomic mass is 9.74. The number of allylic oxidation sites excluding steroid dienone is 1. The first-order valence-electron chi connectivity index (χ1n) is 9.77. The van der Waals surface area contributed by atoms with Crippen LogP contribution in [0, 0.1) is 12.3 Å². The third kappa shape index (κ3) is 3.23. The van der Waals surface area contributed by atoms with E-state index in [4.69, 9.17) is 4.74 Å². The summed E-state index contributed by atoms with van der Waals surface area (Å²) in [7, 11) is 0. The molecule has 4 nitrogen and oxygen atoms in total. The van der Waals surface area contributed by atoms with Gasteiger partial charge in [-0.2, -0.15) is 5.10 Å². The second-order valence-corrected chi connectivity index (χ2v) is 8.57. The van der Waals surface area contributed by atoms with Gasteiger partial charge in [0, 0.05) is 18.4 Å². The predicted molar refractivity (Wildman–Crippen MR) is 104 cm³/mol. The number of aromatic nitrogens is 2. The zero-order chi connectivity index (χ0) is 18.3. The minimum absolute atomic E-state index is 0.0292. The largest absolute Gasteiger partial charge is 0.356 e. The second kappa shape index (κ2) is 6.66. The first-order chi connectivity index (χ1) is 12.4. The van der Waals surface area contributed by atoms with Gasteiger partial charge in [-0.1, -0.05) is 19.9 Å². The number of hydrogen-bond acceptors (Lipinski definition) is 3. The Balaban J connectivity index is 1.73. The summed E-state index contributed by atoms with van der Waals surface area (Å²) in [5.41, 5.74) is 4.50. The van der Waals surface area contributed by atoms with Crippen LogP contribution in [-0.4, -0.2) is 22.2 Å². The lowest BCUT2D eigenvalue weighted by Crippen LogP contribution is -2.24. The molecule has 138 valence electrons. The third-order valence-electron chi connectivity index (χ3n) is 5.86. The number of ether oxygens (including phenoxy) is 1. The third-order valence-corrected chi connectivity index (χ3v) is 5.86. The molecule has 1 aromatic heterocycles. The zero-order valence-corrected chi connectivity index (χ0v) is 16.0. The van der Waals surface area contributed by atoms with Crippen molar-refractivity contribution in [2.24, 2.45) is 5.41 Å². The maximum absolute atomic E-state index is 12.6. The van der Waals surface area contributed by atoms with Crippen LogP contribution in [0.15, 0.2) is 23.9 Å². The van der Waals surface area contributed by atoms with E-state index in [-0.39, 0.29) is 11.6 Å². The lowest BCUT2D eigenvalue weighted by molar-refractivity contribution is -0.118. The topological polar surface area (TPSA) is 44.1 Å². The van der Waals surface area contributed by atoms with Crippen LogP contribution in [0.1, 0.15) is 69.7 Å². The molecule has 2 heterocycles. The molecule has 1 unspecified atom stereocenters. The average molecular weight is 352 g/mol. The minimum Gasteiger partial charge on any atom is -0.356 e. The van der Waals surface area contributed by atoms with Crippen LogP contribution in [0.4, 0.5) is 0 Å². The Morgan fingerprint density at radius 2 is 2.15 bits per heavy atom. The molecule has 0 N–H and O–H groups in total. The van der Waals surface area contributed by atoms with Crippen molar-refractivity contribution in [2.45, 2.75) is 65.5 Å². The van der Waals surface area contributed by atoms with Gasteiger partial charge in [-0.3, -0.25) is 4.79 Å². The van der Waals surface area contributed by atoms with Gasteiger partial charge in [-0.15, -0.1) is 0 Å². The SMILES string of the molecule is Cc1ccc2c(cnn2C2CCCCO2)c1C=C1CCC(C)(C)CC1=O. The summed E-state index contributed by atoms with van der Waals surface area (Å²) >= 11 is 0. The maximum atomic E-state index is 12.6. The average Bonchev–Trinajstić information content (AvgIpc) is 3.04. The summed E-state index contributed by atoms with van der Waals surface area (Å²) in [6.45, 7) is 7.28. The molecule has 4 rings (SSSR count). The molecule has 1 saturated heterocycles. The molecule has 26 heavy (non-hydrogen) atoms. The van der Waals surface area contributed by atoms with Gasteiger partial charge in [0.2, 0.25) is 0 Å². The van der Waals surface area contributed by atoms with Crippen molar-refractivity contribution in [2.75, 3.05) is 6.61 Å². The second-order valence-electron chi connectivity index (χ2n) is 8.57. The van der Waals surface area contributed by atoms with Crippen molar-refractivity contribution in [1.29, 1.82) is 0 Å². The smallest absolute Gasteiger partial charge is 0.159 e. The normalized spacial score (nSPS) is 25.1. The summed E-state index contributed by atoms with van der Waals surface area (Å²) in [6.07, 6.45) is 9.96. The van der Waals surface area contributed by atoms with E-state index in [1.807, 2.05) is 10.9 Å². The highest BCUT2D eigenvalue weighted by Gasteiger charge is 2.29. The maximum Gasteiger partial charge on any atom is 0.159 e. The Morgan fingerprint density at radius 1 is 1.31 bits per heavy atom. The van der Waals surface area contributed by atoms with Crippen molar-refractivity contribution in [3.63, 3.8) is 0 Å². The van der Waals surface area contributed by atoms with Gasteiger partial charge in [0.05, 0.1) is 11.7 Å². The van der Waals surface area contributed by atoms with E-state index in [0.29, 0.717) is 12.2 Å². The molecule has 2 aromatic rings. The van der Waals surface area contributed by atoms with Gasteiger partial charge >= 0.3 is 0 Å². The quantitative estimate of drug-likeness (QED) is 0.697. The standard InChI is InChI=1S/C22H28N2O2/c1-15-7-8-19-18(14-23-24(19)21-6-4-5-11-26-21)17(15)12-16-9-10-22(2,3)13-20(16)25/h7-8,12,14,21H,4-6,9-11,13H2,1-3H3. The van der Waals surface area contributed by atoms with Gasteiger partial charge in [0.1, 0.15) is 0 Å². The summed E-state index contributed by atoms with van der Waals surface area (Å²) < 4.78 is 7.94. The fraction of sp³-hybridized carbons (Fsp3) is 0.545. The first-order valence-corrected chi connectivity index (χ1v) is 9.77. The summed E-state index contributed by atoms with van der Waals surface area (Å²) in [5.74, 6) is 0.292. The van der Waals surface area contributed by atoms with E-state index in [1.165, 1.54) is 12.0 Å². The Labute approximate surface area is 155 Å². The summed E-state index contributed by atoms with van der Waals surface area (Å²) in [5, 5.41) is 5.75. The Bertz CT molecular complexity index is 870. The van der Waals surface area contributed by atoms with Crippen molar-refractivity contribution in [3.05, 3.63) is 35.0 Å². The molecule has 1 aliphatic heterocycles. The highest BCUT2D eigenvalue weighted by atomic mass is 16.5. The van der Waals surface area contributed by atoms with Crippen LogP contribution in [0.5, 0.6) is 0 Å². The van der Waals surface area contributed by atoms with Crippen LogP contribution >= 0.6 is 0 Å². The van der Waals surface area contributed by atoms with Gasteiger partial charge in [-0.25, -0.2) is 4.68 Å². The monoisotopic (exact) mass is 352 g/mol. The van der Waals surface area contributed by atoms with Crippen molar-refractivity contribution >= 4 is 22.8 Å². The van der Waals surface area contributed by atoms with Crippen LogP contribution in [0.3, 0.4) is 0 Å². The van der Waals surface area contributed by atoms with E-state index >= 15 is 0 Å². The van der Waals surface area contributed by atoms with Crippen molar-refractivity contribution < 1.29 is 9.53 Å². The highest BCUT2D eigenvalue weighted by Crippen LogP contribution is 2.37. The highest BCUT2D eigenvalue weighted by molar-refractivity contribution is 6.03. The number of benzene rings is 1. The minimum atomic E-state index is 0.0292. The van der Waals surface area contributed by atoms with E-state index in [9.17, 15) is 4.79 Å². The van der Waals surface area contributed by atoms with Gasteiger partial charge < -0.3 is 4.74 Å². The molecule has 2 fully saturated rings. The van der Waals surface area contributed by atoms with Crippen molar-refractivity contribution in [3.8, 4) is 0 Å². The number of fused-ring (bicyclic) bond motifs is 1. The molecule has 0 amide bonds. The number of carbonyl (C=O) groups excluding carboxylic acids is 1. The van der Waals surface area contributed by atoms with E-state index < -0.39 is 0 Å². The number of nitrogens with zero attached hydrogens (tertiary/aromatic N) is 2. The van der Waals surface area contributed by atoms with Crippen LogP contribution in [0.2, 0.25) is 0 Å². The molecule has 2 aliphatic rings. The molecule has 0 radical (unpaired) electrons. The van der Waals surface area contributed by atoms with Gasteiger partial charge in [-0.05, 0) is 73.3 Å². The summed E-state index contributed by atoms with van der Waals surface area (Å²) in [4.78, 5) is 12.6. The van der Waals surface area contributed by atoms with Gasteiger partial charge in [0.15, 0.2) is 12.0 Å². The number of Topliss-reactive ketones (excluding diaryl/α,β-unsaturated/α-hetero) is 1. The van der Waals surface area contributed by atoms with E-state index in [0.717, 1.165) is 54.3 Å². The Hall–Kier alpha value is -1.94. The predicted octanol–water partition coefficient (Wildman–Crippen LogP) is 5.21. The zero-order valence-electron chi connectivity index (χ0n) is 16.0. The number of ketones is 1. The number of aryl methyl sites for hydroxylation is 1.